The highest BCUT2D eigenvalue weighted by molar-refractivity contribution is 7.26. The van der Waals surface area contributed by atoms with Crippen LogP contribution in [0.2, 0.25) is 0 Å². The number of rotatable bonds is 5. The number of hydrogen-bond acceptors (Lipinski definition) is 6. The molecule has 0 N–H and O–H groups in total. The molecule has 46 heavy (non-hydrogen) atoms. The van der Waals surface area contributed by atoms with Crippen molar-refractivity contribution in [2.24, 2.45) is 0 Å². The maximum atomic E-state index is 6.47. The summed E-state index contributed by atoms with van der Waals surface area (Å²) < 4.78 is 8.86. The lowest BCUT2D eigenvalue weighted by atomic mass is 10.00. The van der Waals surface area contributed by atoms with Gasteiger partial charge in [0.2, 0.25) is 5.89 Å². The van der Waals surface area contributed by atoms with Crippen LogP contribution in [0.4, 0.5) is 0 Å². The Kier molecular flexibility index (Phi) is 6.25. The summed E-state index contributed by atoms with van der Waals surface area (Å²) in [5, 5.41) is 2.28. The topological polar surface area (TPSA) is 64.7 Å². The molecule has 0 saturated heterocycles. The third-order valence-corrected chi connectivity index (χ3v) is 9.38. The van der Waals surface area contributed by atoms with Crippen molar-refractivity contribution in [1.82, 2.24) is 19.9 Å². The average Bonchev–Trinajstić information content (AvgIpc) is 3.74. The van der Waals surface area contributed by atoms with Crippen LogP contribution in [0.15, 0.2) is 150 Å². The molecule has 6 aromatic carbocycles. The fraction of sp³-hybridized carbons (Fsp3) is 0. The van der Waals surface area contributed by atoms with E-state index in [1.807, 2.05) is 91.0 Å². The van der Waals surface area contributed by atoms with E-state index in [9.17, 15) is 0 Å². The van der Waals surface area contributed by atoms with Gasteiger partial charge in [-0.05, 0) is 29.8 Å². The quantitative estimate of drug-likeness (QED) is 0.194. The number of fused-ring (bicyclic) bond motifs is 5. The van der Waals surface area contributed by atoms with Crippen LogP contribution in [0.1, 0.15) is 0 Å². The highest BCUT2D eigenvalue weighted by Crippen LogP contribution is 2.45. The Morgan fingerprint density at radius 1 is 0.457 bits per heavy atom. The van der Waals surface area contributed by atoms with Crippen LogP contribution in [0.5, 0.6) is 0 Å². The van der Waals surface area contributed by atoms with E-state index in [0.29, 0.717) is 23.4 Å². The largest absolute Gasteiger partial charge is 0.435 e. The van der Waals surface area contributed by atoms with Crippen LogP contribution in [0.3, 0.4) is 0 Å². The van der Waals surface area contributed by atoms with E-state index in [0.717, 1.165) is 49.9 Å². The Morgan fingerprint density at radius 2 is 0.957 bits per heavy atom. The highest BCUT2D eigenvalue weighted by Gasteiger charge is 2.20. The van der Waals surface area contributed by atoms with Crippen LogP contribution in [0, 0.1) is 0 Å². The summed E-state index contributed by atoms with van der Waals surface area (Å²) in [7, 11) is 0. The fourth-order valence-electron chi connectivity index (χ4n) is 5.93. The molecule has 0 radical (unpaired) electrons. The van der Waals surface area contributed by atoms with Gasteiger partial charge in [0.05, 0.1) is 0 Å². The van der Waals surface area contributed by atoms with E-state index in [4.69, 9.17) is 24.4 Å². The Balaban J connectivity index is 1.19. The first-order chi connectivity index (χ1) is 22.8. The van der Waals surface area contributed by atoms with E-state index in [-0.39, 0.29) is 0 Å². The maximum absolute atomic E-state index is 6.47. The van der Waals surface area contributed by atoms with Crippen LogP contribution in [-0.4, -0.2) is 19.9 Å². The minimum Gasteiger partial charge on any atom is -0.435 e. The van der Waals surface area contributed by atoms with E-state index in [1.165, 1.54) is 14.8 Å². The average molecular weight is 609 g/mol. The first-order valence-electron chi connectivity index (χ1n) is 15.1. The second-order valence-electron chi connectivity index (χ2n) is 11.1. The van der Waals surface area contributed by atoms with Crippen LogP contribution < -0.4 is 0 Å². The molecule has 9 rings (SSSR count). The summed E-state index contributed by atoms with van der Waals surface area (Å²) >= 11 is 1.78. The maximum Gasteiger partial charge on any atom is 0.227 e. The van der Waals surface area contributed by atoms with Gasteiger partial charge >= 0.3 is 0 Å². The van der Waals surface area contributed by atoms with Gasteiger partial charge in [-0.1, -0.05) is 121 Å². The van der Waals surface area contributed by atoms with E-state index >= 15 is 0 Å². The van der Waals surface area contributed by atoms with E-state index in [1.54, 1.807) is 11.3 Å². The zero-order valence-electron chi connectivity index (χ0n) is 24.5. The minimum absolute atomic E-state index is 0.623. The van der Waals surface area contributed by atoms with Crippen molar-refractivity contribution in [3.8, 4) is 56.7 Å². The molecule has 0 fully saturated rings. The summed E-state index contributed by atoms with van der Waals surface area (Å²) in [4.78, 5) is 19.6. The first kappa shape index (κ1) is 26.4. The highest BCUT2D eigenvalue weighted by atomic mass is 32.1. The van der Waals surface area contributed by atoms with Crippen molar-refractivity contribution in [2.75, 3.05) is 0 Å². The van der Waals surface area contributed by atoms with Gasteiger partial charge in [0.1, 0.15) is 5.52 Å². The SMILES string of the molecule is c1ccc(-c2nc(-c3ccccc3)nc(-c3ccc(-c4cc5nc(-c6ccccc6)oc5c5c4sc4ccccc45)cc3)n2)cc1. The summed E-state index contributed by atoms with van der Waals surface area (Å²) in [6.45, 7) is 0. The van der Waals surface area contributed by atoms with Crippen molar-refractivity contribution in [3.63, 3.8) is 0 Å². The number of hydrogen-bond donors (Lipinski definition) is 0. The molecule has 0 amide bonds. The summed E-state index contributed by atoms with van der Waals surface area (Å²) in [6.07, 6.45) is 0. The van der Waals surface area contributed by atoms with Crippen LogP contribution in [-0.2, 0) is 0 Å². The fourth-order valence-corrected chi connectivity index (χ4v) is 7.16. The minimum atomic E-state index is 0.623. The lowest BCUT2D eigenvalue weighted by Crippen LogP contribution is -2.00. The molecule has 5 nitrogen and oxygen atoms in total. The van der Waals surface area contributed by atoms with Crippen molar-refractivity contribution in [2.45, 2.75) is 0 Å². The smallest absolute Gasteiger partial charge is 0.227 e. The molecule has 0 aliphatic heterocycles. The monoisotopic (exact) mass is 608 g/mol. The Morgan fingerprint density at radius 3 is 1.57 bits per heavy atom. The predicted molar refractivity (Wildman–Crippen MR) is 187 cm³/mol. The van der Waals surface area contributed by atoms with Crippen LogP contribution >= 0.6 is 11.3 Å². The Bertz CT molecular complexity index is 2450. The molecule has 3 aromatic heterocycles. The van der Waals surface area contributed by atoms with Crippen LogP contribution in [0.25, 0.3) is 88.0 Å². The third kappa shape index (κ3) is 4.55. The zero-order valence-corrected chi connectivity index (χ0v) is 25.3. The van der Waals surface area contributed by atoms with Gasteiger partial charge in [-0.15, -0.1) is 11.3 Å². The molecule has 0 saturated carbocycles. The van der Waals surface area contributed by atoms with Gasteiger partial charge in [0, 0.05) is 48.0 Å². The van der Waals surface area contributed by atoms with Gasteiger partial charge in [-0.25, -0.2) is 19.9 Å². The summed E-state index contributed by atoms with van der Waals surface area (Å²) in [6, 6.07) is 49.3. The number of oxazole rings is 1. The molecule has 0 spiro atoms. The molecule has 3 heterocycles. The normalized spacial score (nSPS) is 11.5. The van der Waals surface area contributed by atoms with Gasteiger partial charge in [-0.2, -0.15) is 0 Å². The first-order valence-corrected chi connectivity index (χ1v) is 15.9. The number of nitrogens with zero attached hydrogens (tertiary/aromatic N) is 4. The molecule has 0 atom stereocenters. The number of benzene rings is 6. The molecule has 6 heteroatoms. The third-order valence-electron chi connectivity index (χ3n) is 8.18. The predicted octanol–water partition coefficient (Wildman–Crippen LogP) is 10.7. The van der Waals surface area contributed by atoms with E-state index in [2.05, 4.69) is 54.6 Å². The van der Waals surface area contributed by atoms with Gasteiger partial charge < -0.3 is 4.42 Å². The van der Waals surface area contributed by atoms with Gasteiger partial charge in [-0.3, -0.25) is 0 Å². The molecule has 0 aliphatic carbocycles. The summed E-state index contributed by atoms with van der Waals surface area (Å²) in [5.74, 6) is 2.54. The summed E-state index contributed by atoms with van der Waals surface area (Å²) in [5.41, 5.74) is 7.64. The second-order valence-corrected chi connectivity index (χ2v) is 12.1. The number of thiophene rings is 1. The number of aromatic nitrogens is 4. The second kappa shape index (κ2) is 10.9. The standard InChI is InChI=1S/C40H24N4OS/c1-4-12-26(13-5-1)37-42-38(27-14-6-2-7-15-27)44-39(43-37)28-22-20-25(21-23-28)31-24-32-35(45-40(41-32)29-16-8-3-9-17-29)34-30-18-10-11-19-33(30)46-36(31)34/h1-24H. The van der Waals surface area contributed by atoms with Crippen molar-refractivity contribution in [1.29, 1.82) is 0 Å². The van der Waals surface area contributed by atoms with Gasteiger partial charge in [0.15, 0.2) is 23.1 Å². The van der Waals surface area contributed by atoms with Gasteiger partial charge in [0.25, 0.3) is 0 Å². The van der Waals surface area contributed by atoms with Crippen molar-refractivity contribution >= 4 is 42.6 Å². The van der Waals surface area contributed by atoms with E-state index < -0.39 is 0 Å². The molecule has 216 valence electrons. The zero-order chi connectivity index (χ0) is 30.5. The molecule has 0 aliphatic rings. The Labute approximate surface area is 268 Å². The van der Waals surface area contributed by atoms with Crippen molar-refractivity contribution in [3.05, 3.63) is 146 Å². The molecule has 0 bridgehead atoms. The molecule has 0 unspecified atom stereocenters. The molecular weight excluding hydrogens is 585 g/mol. The van der Waals surface area contributed by atoms with Crippen molar-refractivity contribution < 1.29 is 4.42 Å². The molecular formula is C40H24N4OS. The lowest BCUT2D eigenvalue weighted by Gasteiger charge is -2.09. The Hall–Kier alpha value is -5.98. The lowest BCUT2D eigenvalue weighted by molar-refractivity contribution is 0.623. The molecule has 9 aromatic rings.